The van der Waals surface area contributed by atoms with Crippen LogP contribution in [0.5, 0.6) is 0 Å². The van der Waals surface area contributed by atoms with Crippen molar-refractivity contribution >= 4 is 39.5 Å². The van der Waals surface area contributed by atoms with E-state index in [1.165, 1.54) is 17.7 Å². The van der Waals surface area contributed by atoms with Crippen molar-refractivity contribution in [2.45, 2.75) is 26.4 Å². The van der Waals surface area contributed by atoms with Gasteiger partial charge in [-0.15, -0.1) is 21.5 Å². The van der Waals surface area contributed by atoms with Crippen LogP contribution < -0.4 is 4.90 Å². The van der Waals surface area contributed by atoms with Gasteiger partial charge >= 0.3 is 0 Å². The van der Waals surface area contributed by atoms with E-state index in [1.54, 1.807) is 12.1 Å². The minimum atomic E-state index is -0.370. The normalized spacial score (nSPS) is 11.5. The third-order valence-electron chi connectivity index (χ3n) is 4.33. The Kier molecular flexibility index (Phi) is 6.49. The lowest BCUT2D eigenvalue weighted by atomic mass is 10.0. The van der Waals surface area contributed by atoms with Gasteiger partial charge in [-0.05, 0) is 32.9 Å². The zero-order valence-corrected chi connectivity index (χ0v) is 18.9. The number of halogens is 2. The Bertz CT molecular complexity index is 1040. The average Bonchev–Trinajstić information content (AvgIpc) is 3.28. The lowest BCUT2D eigenvalue weighted by Gasteiger charge is -2.30. The number of rotatable bonds is 7. The van der Waals surface area contributed by atoms with E-state index >= 15 is 0 Å². The van der Waals surface area contributed by atoms with Gasteiger partial charge in [0.15, 0.2) is 5.82 Å². The molecule has 0 fully saturated rings. The van der Waals surface area contributed by atoms with Crippen LogP contribution in [0, 0.1) is 11.3 Å². The number of hydrogen-bond donors (Lipinski definition) is 1. The summed E-state index contributed by atoms with van der Waals surface area (Å²) in [6.07, 6.45) is 1.51. The molecule has 0 radical (unpaired) electrons. The minimum Gasteiger partial charge on any atom is -0.374 e. The van der Waals surface area contributed by atoms with E-state index in [-0.39, 0.29) is 5.60 Å². The first kappa shape index (κ1) is 21.6. The number of ether oxygens (including phenoxy) is 1. The summed E-state index contributed by atoms with van der Waals surface area (Å²) in [6, 6.07) is 7.61. The van der Waals surface area contributed by atoms with Gasteiger partial charge in [0.25, 0.3) is 0 Å². The van der Waals surface area contributed by atoms with Crippen LogP contribution in [0.1, 0.15) is 26.3 Å². The highest BCUT2D eigenvalue weighted by Crippen LogP contribution is 2.48. The fourth-order valence-corrected chi connectivity index (χ4v) is 4.98. The zero-order chi connectivity index (χ0) is 21.2. The standard InChI is InChI=1S/C20H21Cl2N5OS/c1-5-28-20(2,3)10-27(4)19-14(9-23)16(13-7-6-12(21)8-15(13)22)17(29-19)18-24-11-25-26-18/h6-8,11H,5,10H2,1-4H3,(H,24,25,26). The maximum absolute atomic E-state index is 10.1. The van der Waals surface area contributed by atoms with E-state index in [2.05, 4.69) is 21.3 Å². The maximum Gasteiger partial charge on any atom is 0.171 e. The van der Waals surface area contributed by atoms with Gasteiger partial charge in [0.1, 0.15) is 17.4 Å². The number of thiophene rings is 1. The van der Waals surface area contributed by atoms with Gasteiger partial charge in [0.2, 0.25) is 0 Å². The average molecular weight is 450 g/mol. The van der Waals surface area contributed by atoms with E-state index < -0.39 is 0 Å². The number of hydrogen-bond acceptors (Lipinski definition) is 6. The Labute approximate surface area is 184 Å². The van der Waals surface area contributed by atoms with E-state index in [0.717, 1.165) is 15.4 Å². The molecule has 0 saturated heterocycles. The molecule has 3 aromatic rings. The highest BCUT2D eigenvalue weighted by Gasteiger charge is 2.28. The Morgan fingerprint density at radius 3 is 2.69 bits per heavy atom. The number of aromatic amines is 1. The first-order valence-electron chi connectivity index (χ1n) is 9.01. The molecule has 9 heteroatoms. The molecule has 0 aliphatic heterocycles. The van der Waals surface area contributed by atoms with Crippen LogP contribution in [0.15, 0.2) is 24.5 Å². The smallest absolute Gasteiger partial charge is 0.171 e. The third-order valence-corrected chi connectivity index (χ3v) is 6.19. The van der Waals surface area contributed by atoms with Crippen molar-refractivity contribution in [3.8, 4) is 27.9 Å². The molecule has 0 amide bonds. The van der Waals surface area contributed by atoms with E-state index in [0.29, 0.717) is 40.1 Å². The molecule has 2 heterocycles. The van der Waals surface area contributed by atoms with E-state index in [9.17, 15) is 5.26 Å². The van der Waals surface area contributed by atoms with Crippen molar-refractivity contribution in [3.63, 3.8) is 0 Å². The van der Waals surface area contributed by atoms with Crippen LogP contribution in [-0.4, -0.2) is 41.0 Å². The predicted octanol–water partition coefficient (Wildman–Crippen LogP) is 5.63. The van der Waals surface area contributed by atoms with Crippen LogP contribution in [0.4, 0.5) is 5.00 Å². The summed E-state index contributed by atoms with van der Waals surface area (Å²) in [5, 5.41) is 19.9. The van der Waals surface area contributed by atoms with Crippen molar-refractivity contribution in [1.29, 1.82) is 5.26 Å². The second kappa shape index (κ2) is 8.72. The fourth-order valence-electron chi connectivity index (χ4n) is 3.30. The molecule has 0 aliphatic carbocycles. The number of anilines is 1. The molecule has 1 N–H and O–H groups in total. The van der Waals surface area contributed by atoms with Crippen molar-refractivity contribution in [2.75, 3.05) is 25.1 Å². The minimum absolute atomic E-state index is 0.370. The van der Waals surface area contributed by atoms with Gasteiger partial charge in [-0.3, -0.25) is 0 Å². The number of nitriles is 1. The number of nitrogens with one attached hydrogen (secondary N) is 1. The topological polar surface area (TPSA) is 77.8 Å². The van der Waals surface area contributed by atoms with Crippen LogP contribution in [0.25, 0.3) is 21.8 Å². The molecule has 0 unspecified atom stereocenters. The van der Waals surface area contributed by atoms with Crippen LogP contribution in [-0.2, 0) is 4.74 Å². The molecule has 1 aromatic carbocycles. The Morgan fingerprint density at radius 1 is 1.34 bits per heavy atom. The SMILES string of the molecule is CCOC(C)(C)CN(C)c1sc(-c2nnc[nH]2)c(-c2ccc(Cl)cc2Cl)c1C#N. The molecular weight excluding hydrogens is 429 g/mol. The summed E-state index contributed by atoms with van der Waals surface area (Å²) < 4.78 is 5.84. The summed E-state index contributed by atoms with van der Waals surface area (Å²) in [5.74, 6) is 0.580. The summed E-state index contributed by atoms with van der Waals surface area (Å²) in [4.78, 5) is 5.86. The van der Waals surface area contributed by atoms with Crippen LogP contribution in [0.3, 0.4) is 0 Å². The van der Waals surface area contributed by atoms with Crippen LogP contribution >= 0.6 is 34.5 Å². The molecule has 0 saturated carbocycles. The molecule has 29 heavy (non-hydrogen) atoms. The Balaban J connectivity index is 2.18. The number of H-pyrrole nitrogens is 1. The Hall–Kier alpha value is -2.11. The molecule has 3 rings (SSSR count). The van der Waals surface area contributed by atoms with Gasteiger partial charge in [-0.1, -0.05) is 29.3 Å². The van der Waals surface area contributed by atoms with Gasteiger partial charge < -0.3 is 14.6 Å². The summed E-state index contributed by atoms with van der Waals surface area (Å²) in [7, 11) is 1.95. The monoisotopic (exact) mass is 449 g/mol. The second-order valence-corrected chi connectivity index (χ2v) is 8.95. The van der Waals surface area contributed by atoms with Crippen molar-refractivity contribution in [3.05, 3.63) is 40.1 Å². The van der Waals surface area contributed by atoms with Gasteiger partial charge in [-0.25, -0.2) is 0 Å². The molecule has 0 atom stereocenters. The highest BCUT2D eigenvalue weighted by molar-refractivity contribution is 7.20. The van der Waals surface area contributed by atoms with Crippen LogP contribution in [0.2, 0.25) is 10.0 Å². The fraction of sp³-hybridized carbons (Fsp3) is 0.350. The molecule has 0 bridgehead atoms. The summed E-state index contributed by atoms with van der Waals surface area (Å²) in [5.41, 5.74) is 1.59. The molecule has 0 spiro atoms. The lowest BCUT2D eigenvalue weighted by Crippen LogP contribution is -2.38. The Morgan fingerprint density at radius 2 is 2.10 bits per heavy atom. The number of likely N-dealkylation sites (N-methyl/N-ethyl adjacent to an activating group) is 1. The summed E-state index contributed by atoms with van der Waals surface area (Å²) in [6.45, 7) is 7.25. The van der Waals surface area contributed by atoms with Gasteiger partial charge in [-0.2, -0.15) is 5.26 Å². The predicted molar refractivity (Wildman–Crippen MR) is 119 cm³/mol. The molecule has 2 aromatic heterocycles. The molecule has 6 nitrogen and oxygen atoms in total. The second-order valence-electron chi connectivity index (χ2n) is 7.11. The molecule has 0 aliphatic rings. The molecule has 152 valence electrons. The van der Waals surface area contributed by atoms with Crippen molar-refractivity contribution in [2.24, 2.45) is 0 Å². The largest absolute Gasteiger partial charge is 0.374 e. The quantitative estimate of drug-likeness (QED) is 0.505. The first-order valence-corrected chi connectivity index (χ1v) is 10.6. The number of aromatic nitrogens is 3. The number of nitrogens with zero attached hydrogens (tertiary/aromatic N) is 4. The van der Waals surface area contributed by atoms with Gasteiger partial charge in [0.05, 0.1) is 16.0 Å². The van der Waals surface area contributed by atoms with Crippen molar-refractivity contribution < 1.29 is 4.74 Å². The first-order chi connectivity index (χ1) is 13.8. The maximum atomic E-state index is 10.1. The summed E-state index contributed by atoms with van der Waals surface area (Å²) >= 11 is 14.0. The zero-order valence-electron chi connectivity index (χ0n) is 16.6. The van der Waals surface area contributed by atoms with Gasteiger partial charge in [0, 0.05) is 41.4 Å². The molecular formula is C20H21Cl2N5OS. The lowest BCUT2D eigenvalue weighted by molar-refractivity contribution is -0.00307. The number of benzene rings is 1. The van der Waals surface area contributed by atoms with E-state index in [1.807, 2.05) is 38.8 Å². The van der Waals surface area contributed by atoms with E-state index in [4.69, 9.17) is 27.9 Å². The van der Waals surface area contributed by atoms with Crippen molar-refractivity contribution in [1.82, 2.24) is 15.2 Å². The third kappa shape index (κ3) is 4.57. The highest BCUT2D eigenvalue weighted by atomic mass is 35.5.